The second-order valence-electron chi connectivity index (χ2n) is 5.10. The van der Waals surface area contributed by atoms with Gasteiger partial charge in [0.05, 0.1) is 0 Å². The van der Waals surface area contributed by atoms with Crippen LogP contribution in [0.15, 0.2) is 0 Å². The van der Waals surface area contributed by atoms with Gasteiger partial charge in [-0.2, -0.15) is 0 Å². The number of hydrogen-bond donors (Lipinski definition) is 1. The van der Waals surface area contributed by atoms with Crippen LogP contribution in [0.25, 0.3) is 0 Å². The Morgan fingerprint density at radius 2 is 1.85 bits per heavy atom. The zero-order valence-corrected chi connectivity index (χ0v) is 8.92. The smallest absolute Gasteiger partial charge is 0.0101 e. The average Bonchev–Trinajstić information content (AvgIpc) is 2.68. The van der Waals surface area contributed by atoms with Gasteiger partial charge in [-0.15, -0.1) is 0 Å². The van der Waals surface area contributed by atoms with Crippen molar-refractivity contribution < 1.29 is 0 Å². The summed E-state index contributed by atoms with van der Waals surface area (Å²) in [5.74, 6) is 3.28. The van der Waals surface area contributed by atoms with E-state index >= 15 is 0 Å². The molecule has 13 heavy (non-hydrogen) atoms. The molecule has 2 fully saturated rings. The third-order valence-corrected chi connectivity index (χ3v) is 3.51. The van der Waals surface area contributed by atoms with Crippen molar-refractivity contribution in [2.24, 2.45) is 17.8 Å². The topological polar surface area (TPSA) is 15.3 Å². The fourth-order valence-corrected chi connectivity index (χ4v) is 2.62. The van der Waals surface area contributed by atoms with E-state index in [1.54, 1.807) is 6.42 Å². The van der Waals surface area contributed by atoms with Crippen molar-refractivity contribution in [2.75, 3.05) is 33.7 Å². The van der Waals surface area contributed by atoms with Crippen molar-refractivity contribution in [3.63, 3.8) is 0 Å². The number of nitrogens with one attached hydrogen (secondary N) is 1. The minimum Gasteiger partial charge on any atom is -0.315 e. The molecule has 0 bridgehead atoms. The maximum Gasteiger partial charge on any atom is 0.0101 e. The first-order chi connectivity index (χ1) is 6.25. The molecule has 76 valence electrons. The number of hydrogen-bond acceptors (Lipinski definition) is 2. The number of likely N-dealkylation sites (N-methyl/N-ethyl adjacent to an activating group) is 1. The molecule has 0 aliphatic heterocycles. The quantitative estimate of drug-likeness (QED) is 0.642. The van der Waals surface area contributed by atoms with E-state index in [1.165, 1.54) is 25.9 Å². The lowest BCUT2D eigenvalue weighted by atomic mass is 10.0. The number of nitrogens with zero attached hydrogens (tertiary/aromatic N) is 1. The summed E-state index contributed by atoms with van der Waals surface area (Å²) in [6.45, 7) is 3.58. The lowest BCUT2D eigenvalue weighted by Gasteiger charge is -2.14. The largest absolute Gasteiger partial charge is 0.315 e. The van der Waals surface area contributed by atoms with Gasteiger partial charge in [-0.1, -0.05) is 0 Å². The summed E-state index contributed by atoms with van der Waals surface area (Å²) in [4.78, 5) is 2.24. The van der Waals surface area contributed by atoms with Crippen molar-refractivity contribution in [2.45, 2.75) is 19.3 Å². The summed E-state index contributed by atoms with van der Waals surface area (Å²) in [5.41, 5.74) is 0. The predicted molar refractivity (Wildman–Crippen MR) is 55.7 cm³/mol. The summed E-state index contributed by atoms with van der Waals surface area (Å²) < 4.78 is 0. The van der Waals surface area contributed by atoms with E-state index in [0.29, 0.717) is 0 Å². The van der Waals surface area contributed by atoms with E-state index in [-0.39, 0.29) is 0 Å². The van der Waals surface area contributed by atoms with Gasteiger partial charge in [0.25, 0.3) is 0 Å². The molecule has 2 atom stereocenters. The van der Waals surface area contributed by atoms with Crippen LogP contribution in [0.5, 0.6) is 0 Å². The van der Waals surface area contributed by atoms with Crippen LogP contribution in [0.1, 0.15) is 19.3 Å². The number of fused-ring (bicyclic) bond motifs is 1. The summed E-state index contributed by atoms with van der Waals surface area (Å²) in [6, 6.07) is 0. The Kier molecular flexibility index (Phi) is 2.89. The van der Waals surface area contributed by atoms with Gasteiger partial charge in [-0.25, -0.2) is 0 Å². The molecule has 0 aromatic rings. The van der Waals surface area contributed by atoms with Gasteiger partial charge in [0.15, 0.2) is 0 Å². The van der Waals surface area contributed by atoms with Crippen molar-refractivity contribution in [3.8, 4) is 0 Å². The van der Waals surface area contributed by atoms with E-state index in [9.17, 15) is 0 Å². The highest BCUT2D eigenvalue weighted by Crippen LogP contribution is 2.54. The van der Waals surface area contributed by atoms with Crippen LogP contribution < -0.4 is 5.32 Å². The van der Waals surface area contributed by atoms with Gasteiger partial charge >= 0.3 is 0 Å². The van der Waals surface area contributed by atoms with Crippen LogP contribution in [0.3, 0.4) is 0 Å². The van der Waals surface area contributed by atoms with Gasteiger partial charge in [-0.3, -0.25) is 0 Å². The SMILES string of the molecule is CN(C)CCNCC1CC2CC2C1. The second-order valence-corrected chi connectivity index (χ2v) is 5.10. The second kappa shape index (κ2) is 3.97. The van der Waals surface area contributed by atoms with E-state index in [4.69, 9.17) is 0 Å². The molecule has 1 N–H and O–H groups in total. The molecule has 2 aliphatic carbocycles. The van der Waals surface area contributed by atoms with Crippen molar-refractivity contribution >= 4 is 0 Å². The van der Waals surface area contributed by atoms with E-state index in [1.807, 2.05) is 0 Å². The summed E-state index contributed by atoms with van der Waals surface area (Å²) in [6.07, 6.45) is 4.58. The van der Waals surface area contributed by atoms with Crippen LogP contribution in [-0.2, 0) is 0 Å². The molecule has 2 saturated carbocycles. The summed E-state index contributed by atoms with van der Waals surface area (Å²) in [5, 5.41) is 3.56. The van der Waals surface area contributed by atoms with E-state index < -0.39 is 0 Å². The van der Waals surface area contributed by atoms with Gasteiger partial charge < -0.3 is 10.2 Å². The molecule has 2 unspecified atom stereocenters. The highest BCUT2D eigenvalue weighted by Gasteiger charge is 2.45. The summed E-state index contributed by atoms with van der Waals surface area (Å²) >= 11 is 0. The summed E-state index contributed by atoms with van der Waals surface area (Å²) in [7, 11) is 4.26. The lowest BCUT2D eigenvalue weighted by Crippen LogP contribution is -2.30. The van der Waals surface area contributed by atoms with Crippen LogP contribution in [0, 0.1) is 17.8 Å². The van der Waals surface area contributed by atoms with E-state index in [2.05, 4.69) is 24.3 Å². The molecule has 0 spiro atoms. The molecule has 0 aromatic carbocycles. The standard InChI is InChI=1S/C11H22N2/c1-13(2)4-3-12-8-9-5-10-7-11(10)6-9/h9-12H,3-8H2,1-2H3. The molecule has 2 nitrogen and oxygen atoms in total. The molecule has 2 aliphatic rings. The fourth-order valence-electron chi connectivity index (χ4n) is 2.62. The number of rotatable bonds is 5. The van der Waals surface area contributed by atoms with Crippen LogP contribution in [0.2, 0.25) is 0 Å². The van der Waals surface area contributed by atoms with Gasteiger partial charge in [0.2, 0.25) is 0 Å². The molecule has 0 radical (unpaired) electrons. The normalized spacial score (nSPS) is 36.7. The minimum absolute atomic E-state index is 1.01. The molecule has 0 aromatic heterocycles. The van der Waals surface area contributed by atoms with Crippen molar-refractivity contribution in [1.29, 1.82) is 0 Å². The van der Waals surface area contributed by atoms with Crippen molar-refractivity contribution in [1.82, 2.24) is 10.2 Å². The molecule has 0 heterocycles. The Morgan fingerprint density at radius 1 is 1.15 bits per heavy atom. The Labute approximate surface area is 81.7 Å². The Bertz CT molecular complexity index is 157. The Balaban J connectivity index is 1.49. The van der Waals surface area contributed by atoms with Gasteiger partial charge in [0, 0.05) is 13.1 Å². The minimum atomic E-state index is 1.01. The lowest BCUT2D eigenvalue weighted by molar-refractivity contribution is 0.380. The maximum absolute atomic E-state index is 3.56. The first kappa shape index (κ1) is 9.47. The third-order valence-electron chi connectivity index (χ3n) is 3.51. The monoisotopic (exact) mass is 182 g/mol. The van der Waals surface area contributed by atoms with Crippen molar-refractivity contribution in [3.05, 3.63) is 0 Å². The molecular formula is C11H22N2. The van der Waals surface area contributed by atoms with Crippen LogP contribution in [-0.4, -0.2) is 38.6 Å². The average molecular weight is 182 g/mol. The van der Waals surface area contributed by atoms with Gasteiger partial charge in [0.1, 0.15) is 0 Å². The maximum atomic E-state index is 3.56. The van der Waals surface area contributed by atoms with E-state index in [0.717, 1.165) is 24.3 Å². The first-order valence-corrected chi connectivity index (χ1v) is 5.61. The van der Waals surface area contributed by atoms with Crippen LogP contribution >= 0.6 is 0 Å². The Morgan fingerprint density at radius 3 is 2.46 bits per heavy atom. The fraction of sp³-hybridized carbons (Fsp3) is 1.00. The molecule has 0 amide bonds. The highest BCUT2D eigenvalue weighted by atomic mass is 15.1. The molecule has 2 heteroatoms. The molecule has 0 saturated heterocycles. The highest BCUT2D eigenvalue weighted by molar-refractivity contribution is 4.96. The molecule has 2 rings (SSSR count). The predicted octanol–water partition coefficient (Wildman–Crippen LogP) is 1.18. The molecular weight excluding hydrogens is 160 g/mol. The van der Waals surface area contributed by atoms with Crippen LogP contribution in [0.4, 0.5) is 0 Å². The Hall–Kier alpha value is -0.0800. The van der Waals surface area contributed by atoms with Gasteiger partial charge in [-0.05, 0) is 57.7 Å². The zero-order chi connectivity index (χ0) is 9.26. The zero-order valence-electron chi connectivity index (χ0n) is 8.92. The first-order valence-electron chi connectivity index (χ1n) is 5.61. The third kappa shape index (κ3) is 2.68.